The summed E-state index contributed by atoms with van der Waals surface area (Å²) in [6.45, 7) is 10.4. The Labute approximate surface area is 141 Å². The van der Waals surface area contributed by atoms with Gasteiger partial charge >= 0.3 is 0 Å². The Morgan fingerprint density at radius 3 is 2.48 bits per heavy atom. The average Bonchev–Trinajstić information content (AvgIpc) is 2.95. The Hall–Kier alpha value is -1.72. The zero-order valence-electron chi connectivity index (χ0n) is 14.0. The van der Waals surface area contributed by atoms with E-state index in [2.05, 4.69) is 29.1 Å². The van der Waals surface area contributed by atoms with Crippen LogP contribution in [0.5, 0.6) is 0 Å². The van der Waals surface area contributed by atoms with Gasteiger partial charge in [0.25, 0.3) is 5.91 Å². The monoisotopic (exact) mass is 329 g/mol. The fourth-order valence-electron chi connectivity index (χ4n) is 2.83. The summed E-state index contributed by atoms with van der Waals surface area (Å²) in [6.07, 6.45) is 0. The predicted molar refractivity (Wildman–Crippen MR) is 93.9 cm³/mol. The number of aryl methyl sites for hydroxylation is 3. The molecule has 1 aromatic carbocycles. The van der Waals surface area contributed by atoms with Crippen molar-refractivity contribution in [1.82, 2.24) is 14.8 Å². The maximum absolute atomic E-state index is 12.6. The van der Waals surface area contributed by atoms with Gasteiger partial charge in [0.1, 0.15) is 5.01 Å². The second-order valence-corrected chi connectivity index (χ2v) is 7.19. The minimum Gasteiger partial charge on any atom is -0.336 e. The molecule has 1 aliphatic heterocycles. The molecule has 1 aliphatic rings. The molecule has 3 rings (SSSR count). The van der Waals surface area contributed by atoms with Crippen molar-refractivity contribution in [3.05, 3.63) is 51.0 Å². The smallest absolute Gasteiger partial charge is 0.253 e. The van der Waals surface area contributed by atoms with Crippen LogP contribution in [0.2, 0.25) is 0 Å². The lowest BCUT2D eigenvalue weighted by molar-refractivity contribution is 0.0628. The van der Waals surface area contributed by atoms with Crippen molar-refractivity contribution in [2.45, 2.75) is 27.3 Å². The average molecular weight is 329 g/mol. The fourth-order valence-corrected chi connectivity index (χ4v) is 3.65. The molecule has 2 heterocycles. The Bertz CT molecular complexity index is 702. The van der Waals surface area contributed by atoms with Crippen LogP contribution in [0.4, 0.5) is 0 Å². The number of rotatable bonds is 3. The molecule has 1 fully saturated rings. The second kappa shape index (κ2) is 6.81. The number of hydrogen-bond donors (Lipinski definition) is 0. The first kappa shape index (κ1) is 16.1. The van der Waals surface area contributed by atoms with Gasteiger partial charge in [0.05, 0.1) is 6.54 Å². The zero-order valence-corrected chi connectivity index (χ0v) is 14.8. The van der Waals surface area contributed by atoms with E-state index in [1.807, 2.05) is 30.0 Å². The van der Waals surface area contributed by atoms with E-state index in [4.69, 9.17) is 0 Å². The summed E-state index contributed by atoms with van der Waals surface area (Å²) in [5.41, 5.74) is 4.30. The van der Waals surface area contributed by atoms with Crippen LogP contribution in [-0.2, 0) is 6.54 Å². The molecule has 0 aliphatic carbocycles. The number of hydrogen-bond acceptors (Lipinski definition) is 4. The lowest BCUT2D eigenvalue weighted by atomic mass is 10.1. The molecule has 0 spiro atoms. The molecule has 0 atom stereocenters. The molecule has 0 radical (unpaired) electrons. The molecule has 0 N–H and O–H groups in total. The molecule has 122 valence electrons. The largest absolute Gasteiger partial charge is 0.336 e. The quantitative estimate of drug-likeness (QED) is 0.868. The van der Waals surface area contributed by atoms with E-state index in [1.54, 1.807) is 11.3 Å². The molecule has 23 heavy (non-hydrogen) atoms. The van der Waals surface area contributed by atoms with Crippen molar-refractivity contribution in [3.8, 4) is 0 Å². The fraction of sp³-hybridized carbons (Fsp3) is 0.444. The molecule has 1 amide bonds. The Balaban J connectivity index is 1.57. The number of piperazine rings is 1. The van der Waals surface area contributed by atoms with E-state index in [9.17, 15) is 4.79 Å². The molecule has 2 aromatic rings. The van der Waals surface area contributed by atoms with Gasteiger partial charge in [-0.15, -0.1) is 11.3 Å². The summed E-state index contributed by atoms with van der Waals surface area (Å²) in [6, 6.07) is 5.97. The summed E-state index contributed by atoms with van der Waals surface area (Å²) in [5, 5.41) is 3.26. The molecule has 5 heteroatoms. The summed E-state index contributed by atoms with van der Waals surface area (Å²) in [4.78, 5) is 21.5. The summed E-state index contributed by atoms with van der Waals surface area (Å²) >= 11 is 1.72. The zero-order chi connectivity index (χ0) is 16.4. The number of benzene rings is 1. The Morgan fingerprint density at radius 1 is 1.13 bits per heavy atom. The van der Waals surface area contributed by atoms with Gasteiger partial charge in [-0.05, 0) is 44.0 Å². The number of carbonyl (C=O) groups excluding carboxylic acids is 1. The van der Waals surface area contributed by atoms with Crippen molar-refractivity contribution < 1.29 is 4.79 Å². The second-order valence-electron chi connectivity index (χ2n) is 6.25. The van der Waals surface area contributed by atoms with Crippen LogP contribution in [0, 0.1) is 20.8 Å². The van der Waals surface area contributed by atoms with Gasteiger partial charge in [-0.25, -0.2) is 4.98 Å². The number of thiazole rings is 1. The van der Waals surface area contributed by atoms with Crippen molar-refractivity contribution >= 4 is 17.2 Å². The number of aromatic nitrogens is 1. The van der Waals surface area contributed by atoms with E-state index in [1.165, 1.54) is 11.1 Å². The van der Waals surface area contributed by atoms with Crippen molar-refractivity contribution in [3.63, 3.8) is 0 Å². The third-order valence-electron chi connectivity index (χ3n) is 4.44. The highest BCUT2D eigenvalue weighted by Crippen LogP contribution is 2.16. The first-order chi connectivity index (χ1) is 11.0. The molecular formula is C18H23N3OS. The van der Waals surface area contributed by atoms with Gasteiger partial charge in [-0.3, -0.25) is 9.69 Å². The van der Waals surface area contributed by atoms with Crippen LogP contribution in [0.3, 0.4) is 0 Å². The molecule has 4 nitrogen and oxygen atoms in total. The Kier molecular flexibility index (Phi) is 4.78. The Morgan fingerprint density at radius 2 is 1.87 bits per heavy atom. The molecule has 1 aromatic heterocycles. The number of carbonyl (C=O) groups is 1. The van der Waals surface area contributed by atoms with E-state index in [0.717, 1.165) is 49.0 Å². The van der Waals surface area contributed by atoms with Gasteiger partial charge in [0.15, 0.2) is 0 Å². The van der Waals surface area contributed by atoms with Crippen molar-refractivity contribution in [2.24, 2.45) is 0 Å². The molecule has 0 unspecified atom stereocenters. The minimum atomic E-state index is 0.151. The van der Waals surface area contributed by atoms with E-state index >= 15 is 0 Å². The summed E-state index contributed by atoms with van der Waals surface area (Å²) < 4.78 is 0. The topological polar surface area (TPSA) is 36.4 Å². The minimum absolute atomic E-state index is 0.151. The van der Waals surface area contributed by atoms with Crippen LogP contribution in [0.25, 0.3) is 0 Å². The van der Waals surface area contributed by atoms with E-state index in [-0.39, 0.29) is 5.91 Å². The first-order valence-electron chi connectivity index (χ1n) is 8.03. The SMILES string of the molecule is Cc1csc(CN2CCN(C(=O)c3ccc(C)c(C)c3)CC2)n1. The highest BCUT2D eigenvalue weighted by Gasteiger charge is 2.22. The molecular weight excluding hydrogens is 306 g/mol. The number of nitrogens with zero attached hydrogens (tertiary/aromatic N) is 3. The molecule has 0 bridgehead atoms. The molecule has 1 saturated heterocycles. The predicted octanol–water partition coefficient (Wildman–Crippen LogP) is 3.03. The van der Waals surface area contributed by atoms with E-state index < -0.39 is 0 Å². The summed E-state index contributed by atoms with van der Waals surface area (Å²) in [5.74, 6) is 0.151. The standard InChI is InChI=1S/C18H23N3OS/c1-13-4-5-16(10-14(13)2)18(22)21-8-6-20(7-9-21)11-17-19-15(3)12-23-17/h4-5,10,12H,6-9,11H2,1-3H3. The normalized spacial score (nSPS) is 15.9. The van der Waals surface area contributed by atoms with Gasteiger partial charge in [-0.1, -0.05) is 6.07 Å². The van der Waals surface area contributed by atoms with Crippen LogP contribution < -0.4 is 0 Å². The van der Waals surface area contributed by atoms with Crippen molar-refractivity contribution in [2.75, 3.05) is 26.2 Å². The number of amides is 1. The lowest BCUT2D eigenvalue weighted by Crippen LogP contribution is -2.48. The maximum atomic E-state index is 12.6. The molecule has 0 saturated carbocycles. The lowest BCUT2D eigenvalue weighted by Gasteiger charge is -2.34. The highest BCUT2D eigenvalue weighted by molar-refractivity contribution is 7.09. The van der Waals surface area contributed by atoms with E-state index in [0.29, 0.717) is 0 Å². The van der Waals surface area contributed by atoms with Crippen molar-refractivity contribution in [1.29, 1.82) is 0 Å². The van der Waals surface area contributed by atoms with Gasteiger partial charge in [0.2, 0.25) is 0 Å². The first-order valence-corrected chi connectivity index (χ1v) is 8.91. The van der Waals surface area contributed by atoms with Gasteiger partial charge in [0, 0.05) is 42.8 Å². The third kappa shape index (κ3) is 3.79. The van der Waals surface area contributed by atoms with Crippen LogP contribution in [0.15, 0.2) is 23.6 Å². The van der Waals surface area contributed by atoms with Crippen LogP contribution in [-0.4, -0.2) is 46.9 Å². The van der Waals surface area contributed by atoms with Gasteiger partial charge < -0.3 is 4.90 Å². The third-order valence-corrected chi connectivity index (χ3v) is 5.39. The van der Waals surface area contributed by atoms with Gasteiger partial charge in [-0.2, -0.15) is 0 Å². The summed E-state index contributed by atoms with van der Waals surface area (Å²) in [7, 11) is 0. The maximum Gasteiger partial charge on any atom is 0.253 e. The van der Waals surface area contributed by atoms with Crippen LogP contribution in [0.1, 0.15) is 32.2 Å². The van der Waals surface area contributed by atoms with Crippen LogP contribution >= 0.6 is 11.3 Å². The highest BCUT2D eigenvalue weighted by atomic mass is 32.1.